The molecule has 0 aromatic carbocycles. The maximum Gasteiger partial charge on any atom is 0.257 e. The van der Waals surface area contributed by atoms with E-state index in [-0.39, 0.29) is 12.0 Å². The monoisotopic (exact) mass is 315 g/mol. The molecule has 4 rings (SSSR count). The van der Waals surface area contributed by atoms with Crippen molar-refractivity contribution < 1.29 is 13.9 Å². The summed E-state index contributed by atoms with van der Waals surface area (Å²) in [7, 11) is 0. The van der Waals surface area contributed by atoms with E-state index in [1.54, 1.807) is 18.5 Å². The minimum atomic E-state index is -0.0205. The lowest BCUT2D eigenvalue weighted by Gasteiger charge is -2.24. The van der Waals surface area contributed by atoms with Crippen molar-refractivity contribution in [1.82, 2.24) is 14.7 Å². The molecule has 6 nitrogen and oxygen atoms in total. The highest BCUT2D eigenvalue weighted by Gasteiger charge is 2.30. The lowest BCUT2D eigenvalue weighted by atomic mass is 10.2. The van der Waals surface area contributed by atoms with Crippen LogP contribution < -0.4 is 0 Å². The van der Waals surface area contributed by atoms with Gasteiger partial charge in [-0.05, 0) is 37.8 Å². The Morgan fingerprint density at radius 1 is 1.39 bits per heavy atom. The van der Waals surface area contributed by atoms with Crippen molar-refractivity contribution in [2.24, 2.45) is 5.92 Å². The number of hydrogen-bond donors (Lipinski definition) is 0. The van der Waals surface area contributed by atoms with Gasteiger partial charge in [0.1, 0.15) is 5.76 Å². The number of rotatable bonds is 4. The standard InChI is InChI=1S/C17H21N3O3/c1-12-16(5-7-22-12)17(21)19-8-14-4-6-18-20(14)10-15(9-19)23-11-13-2-3-13/h4-7,13,15H,2-3,8-11H2,1H3/t15-/m0/s1. The molecule has 2 aromatic rings. The average Bonchev–Trinajstić information content (AvgIpc) is 3.18. The Morgan fingerprint density at radius 2 is 2.26 bits per heavy atom. The summed E-state index contributed by atoms with van der Waals surface area (Å²) in [5.41, 5.74) is 1.66. The fraction of sp³-hybridized carbons (Fsp3) is 0.529. The first kappa shape index (κ1) is 14.5. The number of amides is 1. The van der Waals surface area contributed by atoms with Crippen LogP contribution in [0.4, 0.5) is 0 Å². The fourth-order valence-corrected chi connectivity index (χ4v) is 3.01. The molecule has 6 heteroatoms. The van der Waals surface area contributed by atoms with Crippen molar-refractivity contribution >= 4 is 5.91 Å². The first-order valence-corrected chi connectivity index (χ1v) is 8.16. The van der Waals surface area contributed by atoms with Gasteiger partial charge in [-0.3, -0.25) is 9.48 Å². The number of furan rings is 1. The number of ether oxygens (including phenoxy) is 1. The van der Waals surface area contributed by atoms with Crippen molar-refractivity contribution in [1.29, 1.82) is 0 Å². The Labute approximate surface area is 135 Å². The van der Waals surface area contributed by atoms with E-state index in [1.807, 2.05) is 22.6 Å². The summed E-state index contributed by atoms with van der Waals surface area (Å²) in [5.74, 6) is 1.35. The molecule has 2 aromatic heterocycles. The van der Waals surface area contributed by atoms with Gasteiger partial charge in [-0.2, -0.15) is 5.10 Å². The molecule has 23 heavy (non-hydrogen) atoms. The van der Waals surface area contributed by atoms with Crippen LogP contribution in [0.5, 0.6) is 0 Å². The number of aryl methyl sites for hydroxylation is 1. The van der Waals surface area contributed by atoms with Gasteiger partial charge in [0.05, 0.1) is 36.7 Å². The Bertz CT molecular complexity index is 702. The van der Waals surface area contributed by atoms with E-state index < -0.39 is 0 Å². The van der Waals surface area contributed by atoms with E-state index in [0.717, 1.165) is 12.3 Å². The van der Waals surface area contributed by atoms with E-state index in [0.29, 0.717) is 36.9 Å². The molecule has 1 atom stereocenters. The summed E-state index contributed by atoms with van der Waals surface area (Å²) >= 11 is 0. The van der Waals surface area contributed by atoms with Crippen LogP contribution in [0.2, 0.25) is 0 Å². The Kier molecular flexibility index (Phi) is 3.69. The first-order valence-electron chi connectivity index (χ1n) is 8.16. The van der Waals surface area contributed by atoms with E-state index in [9.17, 15) is 4.79 Å². The van der Waals surface area contributed by atoms with Crippen LogP contribution in [0, 0.1) is 12.8 Å². The van der Waals surface area contributed by atoms with Crippen LogP contribution in [0.3, 0.4) is 0 Å². The van der Waals surface area contributed by atoms with E-state index in [4.69, 9.17) is 9.15 Å². The van der Waals surface area contributed by atoms with Gasteiger partial charge in [0.15, 0.2) is 0 Å². The van der Waals surface area contributed by atoms with E-state index >= 15 is 0 Å². The predicted octanol–water partition coefficient (Wildman–Crippen LogP) is 2.24. The Morgan fingerprint density at radius 3 is 3.00 bits per heavy atom. The Hall–Kier alpha value is -2.08. The molecule has 1 fully saturated rings. The summed E-state index contributed by atoms with van der Waals surface area (Å²) in [4.78, 5) is 14.7. The van der Waals surface area contributed by atoms with Crippen molar-refractivity contribution in [3.8, 4) is 0 Å². The van der Waals surface area contributed by atoms with Gasteiger partial charge in [0.25, 0.3) is 5.91 Å². The summed E-state index contributed by atoms with van der Waals surface area (Å²) in [6.45, 7) is 4.43. The third-order valence-electron chi connectivity index (χ3n) is 4.60. The quantitative estimate of drug-likeness (QED) is 0.868. The molecule has 1 saturated carbocycles. The molecule has 1 amide bonds. The summed E-state index contributed by atoms with van der Waals surface area (Å²) in [6, 6.07) is 3.70. The van der Waals surface area contributed by atoms with Crippen LogP contribution in [0.15, 0.2) is 29.0 Å². The van der Waals surface area contributed by atoms with Gasteiger partial charge >= 0.3 is 0 Å². The number of hydrogen-bond acceptors (Lipinski definition) is 4. The third-order valence-corrected chi connectivity index (χ3v) is 4.60. The molecule has 0 bridgehead atoms. The first-order chi connectivity index (χ1) is 11.2. The van der Waals surface area contributed by atoms with Crippen LogP contribution in [0.1, 0.15) is 34.7 Å². The molecule has 122 valence electrons. The van der Waals surface area contributed by atoms with E-state index in [2.05, 4.69) is 5.10 Å². The smallest absolute Gasteiger partial charge is 0.257 e. The largest absolute Gasteiger partial charge is 0.469 e. The molecule has 1 aliphatic carbocycles. The van der Waals surface area contributed by atoms with Crippen LogP contribution >= 0.6 is 0 Å². The van der Waals surface area contributed by atoms with Crippen molar-refractivity contribution in [3.63, 3.8) is 0 Å². The van der Waals surface area contributed by atoms with Gasteiger partial charge in [-0.1, -0.05) is 0 Å². The number of carbonyl (C=O) groups is 1. The molecule has 3 heterocycles. The minimum Gasteiger partial charge on any atom is -0.469 e. The van der Waals surface area contributed by atoms with Crippen molar-refractivity contribution in [2.45, 2.75) is 39.0 Å². The maximum absolute atomic E-state index is 12.8. The number of nitrogens with zero attached hydrogens (tertiary/aromatic N) is 3. The summed E-state index contributed by atoms with van der Waals surface area (Å²) in [5, 5.41) is 4.36. The zero-order chi connectivity index (χ0) is 15.8. The molecule has 0 radical (unpaired) electrons. The highest BCUT2D eigenvalue weighted by molar-refractivity contribution is 5.95. The number of aromatic nitrogens is 2. The highest BCUT2D eigenvalue weighted by Crippen LogP contribution is 2.29. The lowest BCUT2D eigenvalue weighted by molar-refractivity contribution is 0.0136. The topological polar surface area (TPSA) is 60.5 Å². The molecular weight excluding hydrogens is 294 g/mol. The van der Waals surface area contributed by atoms with Gasteiger partial charge < -0.3 is 14.1 Å². The van der Waals surface area contributed by atoms with Gasteiger partial charge in [0.2, 0.25) is 0 Å². The number of fused-ring (bicyclic) bond motifs is 1. The van der Waals surface area contributed by atoms with Crippen LogP contribution in [-0.2, 0) is 17.8 Å². The SMILES string of the molecule is Cc1occc1C(=O)N1Cc2ccnn2C[C@@H](OCC2CC2)C1. The van der Waals surface area contributed by atoms with Crippen molar-refractivity contribution in [2.75, 3.05) is 13.2 Å². The maximum atomic E-state index is 12.8. The average molecular weight is 315 g/mol. The molecule has 0 spiro atoms. The fourth-order valence-electron chi connectivity index (χ4n) is 3.01. The molecule has 2 aliphatic rings. The molecule has 1 aliphatic heterocycles. The van der Waals surface area contributed by atoms with Gasteiger partial charge in [-0.15, -0.1) is 0 Å². The second-order valence-corrected chi connectivity index (χ2v) is 6.48. The Balaban J connectivity index is 1.55. The third kappa shape index (κ3) is 3.03. The highest BCUT2D eigenvalue weighted by atomic mass is 16.5. The lowest BCUT2D eigenvalue weighted by Crippen LogP contribution is -2.37. The van der Waals surface area contributed by atoms with Gasteiger partial charge in [-0.25, -0.2) is 0 Å². The van der Waals surface area contributed by atoms with E-state index in [1.165, 1.54) is 12.8 Å². The van der Waals surface area contributed by atoms with Crippen LogP contribution in [-0.4, -0.2) is 39.8 Å². The number of carbonyl (C=O) groups excluding carboxylic acids is 1. The normalized spacial score (nSPS) is 21.1. The van der Waals surface area contributed by atoms with Crippen LogP contribution in [0.25, 0.3) is 0 Å². The zero-order valence-corrected chi connectivity index (χ0v) is 13.3. The van der Waals surface area contributed by atoms with Gasteiger partial charge in [0, 0.05) is 19.3 Å². The second kappa shape index (κ2) is 5.85. The molecule has 0 unspecified atom stereocenters. The molecule has 0 saturated heterocycles. The summed E-state index contributed by atoms with van der Waals surface area (Å²) in [6.07, 6.45) is 5.84. The molecular formula is C17H21N3O3. The summed E-state index contributed by atoms with van der Waals surface area (Å²) < 4.78 is 13.3. The predicted molar refractivity (Wildman–Crippen MR) is 82.9 cm³/mol. The minimum absolute atomic E-state index is 0.00841. The molecule has 0 N–H and O–H groups in total. The zero-order valence-electron chi connectivity index (χ0n) is 13.3. The van der Waals surface area contributed by atoms with Crippen molar-refractivity contribution in [3.05, 3.63) is 41.6 Å². The second-order valence-electron chi connectivity index (χ2n) is 6.48.